The van der Waals surface area contributed by atoms with Gasteiger partial charge >= 0.3 is 5.97 Å². The summed E-state index contributed by atoms with van der Waals surface area (Å²) in [5.74, 6) is -0.876. The summed E-state index contributed by atoms with van der Waals surface area (Å²) in [5, 5.41) is 13.2. The molecule has 2 atom stereocenters. The number of carbonyl (C=O) groups is 3. The average molecular weight is 379 g/mol. The Morgan fingerprint density at radius 3 is 3.00 bits per heavy atom. The Kier molecular flexibility index (Phi) is 4.86. The zero-order valence-electron chi connectivity index (χ0n) is 14.0. The highest BCUT2D eigenvalue weighted by Crippen LogP contribution is 2.47. The normalized spacial score (nSPS) is 24.3. The van der Waals surface area contributed by atoms with Crippen LogP contribution < -0.4 is 5.32 Å². The van der Waals surface area contributed by atoms with E-state index in [2.05, 4.69) is 5.32 Å². The molecule has 0 aromatic heterocycles. The van der Waals surface area contributed by atoms with E-state index >= 15 is 0 Å². The van der Waals surface area contributed by atoms with Crippen LogP contribution in [0, 0.1) is 10.1 Å². The van der Waals surface area contributed by atoms with Crippen molar-refractivity contribution in [2.24, 2.45) is 0 Å². The van der Waals surface area contributed by atoms with Gasteiger partial charge in [0.2, 0.25) is 5.91 Å². The number of benzene rings is 1. The fraction of sp³-hybridized carbons (Fsp3) is 0.438. The molecule has 0 unspecified atom stereocenters. The Bertz CT molecular complexity index is 785. The van der Waals surface area contributed by atoms with E-state index in [4.69, 9.17) is 4.74 Å². The second-order valence-corrected chi connectivity index (χ2v) is 7.73. The number of amides is 2. The van der Waals surface area contributed by atoms with Crippen LogP contribution in [0.1, 0.15) is 19.8 Å². The van der Waals surface area contributed by atoms with Crippen molar-refractivity contribution < 1.29 is 24.0 Å². The number of rotatable bonds is 5. The van der Waals surface area contributed by atoms with Crippen molar-refractivity contribution in [1.29, 1.82) is 0 Å². The molecule has 0 spiro atoms. The van der Waals surface area contributed by atoms with Crippen LogP contribution in [0.25, 0.3) is 0 Å². The molecule has 2 aliphatic heterocycles. The number of hydrogen-bond acceptors (Lipinski definition) is 7. The molecule has 0 radical (unpaired) electrons. The molecule has 2 aliphatic rings. The van der Waals surface area contributed by atoms with Crippen molar-refractivity contribution >= 4 is 40.9 Å². The van der Waals surface area contributed by atoms with Gasteiger partial charge in [0.15, 0.2) is 6.61 Å². The van der Waals surface area contributed by atoms with Crippen molar-refractivity contribution in [3.63, 3.8) is 0 Å². The molecule has 10 heteroatoms. The monoisotopic (exact) mass is 379 g/mol. The number of thioether (sulfide) groups is 1. The van der Waals surface area contributed by atoms with Gasteiger partial charge in [-0.05, 0) is 19.4 Å². The van der Waals surface area contributed by atoms with Crippen LogP contribution in [-0.4, -0.2) is 50.9 Å². The molecule has 0 aliphatic carbocycles. The molecule has 1 aromatic carbocycles. The Morgan fingerprint density at radius 1 is 1.50 bits per heavy atom. The molecule has 9 nitrogen and oxygen atoms in total. The van der Waals surface area contributed by atoms with Gasteiger partial charge in [-0.1, -0.05) is 6.07 Å². The summed E-state index contributed by atoms with van der Waals surface area (Å²) in [6, 6.07) is 4.76. The zero-order valence-corrected chi connectivity index (χ0v) is 14.8. The van der Waals surface area contributed by atoms with Gasteiger partial charge in [-0.3, -0.25) is 19.7 Å². The highest BCUT2D eigenvalue weighted by molar-refractivity contribution is 8.01. The third-order valence-electron chi connectivity index (χ3n) is 4.40. The molecule has 2 fully saturated rings. The lowest BCUT2D eigenvalue weighted by Gasteiger charge is -2.29. The van der Waals surface area contributed by atoms with E-state index in [-0.39, 0.29) is 22.2 Å². The van der Waals surface area contributed by atoms with E-state index in [1.807, 2.05) is 6.92 Å². The highest BCUT2D eigenvalue weighted by atomic mass is 32.2. The van der Waals surface area contributed by atoms with E-state index < -0.39 is 29.4 Å². The van der Waals surface area contributed by atoms with Crippen molar-refractivity contribution in [3.8, 4) is 0 Å². The molecule has 26 heavy (non-hydrogen) atoms. The summed E-state index contributed by atoms with van der Waals surface area (Å²) in [6.07, 6.45) is 1.09. The predicted octanol–water partition coefficient (Wildman–Crippen LogP) is 1.53. The van der Waals surface area contributed by atoms with Gasteiger partial charge in [0.1, 0.15) is 6.04 Å². The third-order valence-corrected chi connectivity index (χ3v) is 5.91. The first-order chi connectivity index (χ1) is 12.3. The van der Waals surface area contributed by atoms with Crippen molar-refractivity contribution in [2.75, 3.05) is 17.7 Å². The number of nitro benzene ring substituents is 1. The third kappa shape index (κ3) is 3.50. The fourth-order valence-corrected chi connectivity index (χ4v) is 4.54. The minimum absolute atomic E-state index is 0.0829. The van der Waals surface area contributed by atoms with E-state index in [9.17, 15) is 24.5 Å². The van der Waals surface area contributed by atoms with E-state index in [0.717, 1.165) is 0 Å². The molecule has 0 bridgehead atoms. The van der Waals surface area contributed by atoms with Gasteiger partial charge in [0.25, 0.3) is 11.6 Å². The average Bonchev–Trinajstić information content (AvgIpc) is 3.09. The minimum Gasteiger partial charge on any atom is -0.454 e. The number of ether oxygens (including phenoxy) is 1. The summed E-state index contributed by atoms with van der Waals surface area (Å²) < 4.78 is 5.05. The van der Waals surface area contributed by atoms with Gasteiger partial charge < -0.3 is 15.0 Å². The lowest BCUT2D eigenvalue weighted by atomic mass is 10.2. The molecule has 138 valence electrons. The largest absolute Gasteiger partial charge is 0.454 e. The van der Waals surface area contributed by atoms with Gasteiger partial charge in [0.05, 0.1) is 9.79 Å². The number of anilines is 1. The zero-order chi connectivity index (χ0) is 18.9. The molecule has 2 amide bonds. The van der Waals surface area contributed by atoms with E-state index in [0.29, 0.717) is 18.6 Å². The minimum atomic E-state index is -0.689. The molecule has 1 aromatic rings. The van der Waals surface area contributed by atoms with Crippen LogP contribution in [0.2, 0.25) is 0 Å². The van der Waals surface area contributed by atoms with Gasteiger partial charge in [-0.25, -0.2) is 4.79 Å². The number of fused-ring (bicyclic) bond motifs is 1. The SMILES string of the molecule is C[C@]12CCC(=O)N1[C@H](C(=O)OCC(=O)Nc1cccc([N+](=O)[O-])c1)CS2. The van der Waals surface area contributed by atoms with Gasteiger partial charge in [0, 0.05) is 30.0 Å². The number of nitrogens with one attached hydrogen (secondary N) is 1. The maximum atomic E-state index is 12.3. The van der Waals surface area contributed by atoms with Crippen molar-refractivity contribution in [2.45, 2.75) is 30.7 Å². The molecular weight excluding hydrogens is 362 g/mol. The highest BCUT2D eigenvalue weighted by Gasteiger charge is 2.53. The lowest BCUT2D eigenvalue weighted by Crippen LogP contribution is -2.47. The Labute approximate surface area is 153 Å². The first-order valence-corrected chi connectivity index (χ1v) is 8.96. The fourth-order valence-electron chi connectivity index (χ4n) is 3.12. The summed E-state index contributed by atoms with van der Waals surface area (Å²) in [7, 11) is 0. The maximum absolute atomic E-state index is 12.3. The number of carbonyl (C=O) groups excluding carboxylic acids is 3. The van der Waals surface area contributed by atoms with E-state index in [1.165, 1.54) is 36.0 Å². The smallest absolute Gasteiger partial charge is 0.330 e. The predicted molar refractivity (Wildman–Crippen MR) is 93.4 cm³/mol. The van der Waals surface area contributed by atoms with Crippen molar-refractivity contribution in [3.05, 3.63) is 34.4 Å². The maximum Gasteiger partial charge on any atom is 0.330 e. The van der Waals surface area contributed by atoms with Crippen LogP contribution in [0.3, 0.4) is 0 Å². The molecule has 0 saturated carbocycles. The summed E-state index contributed by atoms with van der Waals surface area (Å²) in [6.45, 7) is 1.40. The molecule has 2 saturated heterocycles. The van der Waals surface area contributed by atoms with Crippen molar-refractivity contribution in [1.82, 2.24) is 4.90 Å². The quantitative estimate of drug-likeness (QED) is 0.468. The Hall–Kier alpha value is -2.62. The summed E-state index contributed by atoms with van der Waals surface area (Å²) in [4.78, 5) is 47.5. The first kappa shape index (κ1) is 18.2. The van der Waals surface area contributed by atoms with Crippen LogP contribution in [0.5, 0.6) is 0 Å². The first-order valence-electron chi connectivity index (χ1n) is 7.97. The Balaban J connectivity index is 1.55. The standard InChI is InChI=1S/C16H17N3O6S/c1-16-6-5-14(21)18(16)12(9-26-16)15(22)25-8-13(20)17-10-3-2-4-11(7-10)19(23)24/h2-4,7,12H,5-6,8-9H2,1H3,(H,17,20)/t12-,16-/m0/s1. The number of esters is 1. The lowest BCUT2D eigenvalue weighted by molar-refractivity contribution is -0.384. The molecule has 3 rings (SSSR count). The Morgan fingerprint density at radius 2 is 2.27 bits per heavy atom. The van der Waals surface area contributed by atoms with E-state index in [1.54, 1.807) is 4.90 Å². The molecule has 1 N–H and O–H groups in total. The van der Waals surface area contributed by atoms with Crippen LogP contribution >= 0.6 is 11.8 Å². The number of non-ortho nitro benzene ring substituents is 1. The number of nitrogens with zero attached hydrogens (tertiary/aromatic N) is 2. The summed E-state index contributed by atoms with van der Waals surface area (Å²) >= 11 is 1.54. The van der Waals surface area contributed by atoms with Crippen LogP contribution in [0.15, 0.2) is 24.3 Å². The number of nitro groups is 1. The van der Waals surface area contributed by atoms with Gasteiger partial charge in [-0.2, -0.15) is 0 Å². The number of hydrogen-bond donors (Lipinski definition) is 1. The van der Waals surface area contributed by atoms with Crippen LogP contribution in [-0.2, 0) is 19.1 Å². The summed E-state index contributed by atoms with van der Waals surface area (Å²) in [5.41, 5.74) is 0.0774. The second-order valence-electron chi connectivity index (χ2n) is 6.23. The second kappa shape index (κ2) is 6.94. The molecule has 2 heterocycles. The van der Waals surface area contributed by atoms with Crippen LogP contribution in [0.4, 0.5) is 11.4 Å². The van der Waals surface area contributed by atoms with Gasteiger partial charge in [-0.15, -0.1) is 11.8 Å². The topological polar surface area (TPSA) is 119 Å². The molecular formula is C16H17N3O6S.